The highest BCUT2D eigenvalue weighted by atomic mass is 19.1. The second-order valence-electron chi connectivity index (χ2n) is 5.85. The van der Waals surface area contributed by atoms with Gasteiger partial charge in [-0.1, -0.05) is 6.08 Å². The predicted molar refractivity (Wildman–Crippen MR) is 95.8 cm³/mol. The maximum Gasteiger partial charge on any atom is 0.164 e. The standard InChI is InChI=1S/C19H12FN5/c20-14-5-3-12(4-6-14)18-23-17-2-1-9-21-19(17)25(18)15-7-8-16-13(10-15)11-22-24-16/h1-7,9-11H,8H2. The van der Waals surface area contributed by atoms with Crippen molar-refractivity contribution >= 4 is 28.8 Å². The van der Waals surface area contributed by atoms with Gasteiger partial charge in [0, 0.05) is 29.5 Å². The van der Waals surface area contributed by atoms with Crippen molar-refractivity contribution in [2.75, 3.05) is 0 Å². The number of hydrogen-bond donors (Lipinski definition) is 0. The third-order valence-corrected chi connectivity index (χ3v) is 4.29. The minimum absolute atomic E-state index is 0.272. The van der Waals surface area contributed by atoms with Gasteiger partial charge >= 0.3 is 0 Å². The van der Waals surface area contributed by atoms with Gasteiger partial charge in [-0.15, -0.1) is 0 Å². The molecule has 0 bridgehead atoms. The second kappa shape index (κ2) is 5.31. The van der Waals surface area contributed by atoms with E-state index in [-0.39, 0.29) is 5.82 Å². The first-order chi connectivity index (χ1) is 12.3. The number of aromatic nitrogens is 3. The van der Waals surface area contributed by atoms with Crippen LogP contribution < -0.4 is 0 Å². The molecule has 0 unspecified atom stereocenters. The van der Waals surface area contributed by atoms with Gasteiger partial charge in [0.2, 0.25) is 0 Å². The molecule has 0 spiro atoms. The van der Waals surface area contributed by atoms with Crippen LogP contribution in [0.25, 0.3) is 28.2 Å². The van der Waals surface area contributed by atoms with Crippen LogP contribution in [0.3, 0.4) is 0 Å². The summed E-state index contributed by atoms with van der Waals surface area (Å²) >= 11 is 0. The van der Waals surface area contributed by atoms with Crippen molar-refractivity contribution in [3.8, 4) is 11.4 Å². The summed E-state index contributed by atoms with van der Waals surface area (Å²) in [6, 6.07) is 10.1. The Morgan fingerprint density at radius 3 is 2.84 bits per heavy atom. The average molecular weight is 329 g/mol. The van der Waals surface area contributed by atoms with Gasteiger partial charge < -0.3 is 0 Å². The Morgan fingerprint density at radius 1 is 1.08 bits per heavy atom. The summed E-state index contributed by atoms with van der Waals surface area (Å²) in [7, 11) is 0. The van der Waals surface area contributed by atoms with Crippen molar-refractivity contribution in [3.05, 3.63) is 66.1 Å². The van der Waals surface area contributed by atoms with E-state index in [0.29, 0.717) is 6.42 Å². The summed E-state index contributed by atoms with van der Waals surface area (Å²) in [6.45, 7) is 0. The van der Waals surface area contributed by atoms with Crippen LogP contribution in [0.4, 0.5) is 4.39 Å². The van der Waals surface area contributed by atoms with Gasteiger partial charge in [-0.05, 0) is 42.5 Å². The maximum atomic E-state index is 13.3. The molecule has 0 saturated carbocycles. The van der Waals surface area contributed by atoms with Crippen LogP contribution in [0.2, 0.25) is 0 Å². The molecule has 2 aliphatic rings. The highest BCUT2D eigenvalue weighted by Crippen LogP contribution is 2.30. The molecule has 3 aromatic rings. The first-order valence-corrected chi connectivity index (χ1v) is 7.91. The normalized spacial score (nSPS) is 15.8. The van der Waals surface area contributed by atoms with Crippen LogP contribution in [-0.4, -0.2) is 26.5 Å². The Bertz CT molecular complexity index is 1120. The Kier molecular flexibility index (Phi) is 2.97. The van der Waals surface area contributed by atoms with E-state index in [2.05, 4.69) is 21.3 Å². The highest BCUT2D eigenvalue weighted by molar-refractivity contribution is 6.21. The quantitative estimate of drug-likeness (QED) is 0.717. The lowest BCUT2D eigenvalue weighted by Gasteiger charge is -2.14. The molecule has 0 fully saturated rings. The summed E-state index contributed by atoms with van der Waals surface area (Å²) in [6.07, 6.45) is 8.32. The minimum atomic E-state index is -0.272. The van der Waals surface area contributed by atoms with E-state index in [1.807, 2.05) is 22.8 Å². The van der Waals surface area contributed by atoms with Gasteiger partial charge in [0.25, 0.3) is 0 Å². The van der Waals surface area contributed by atoms with Crippen LogP contribution >= 0.6 is 0 Å². The number of fused-ring (bicyclic) bond motifs is 2. The summed E-state index contributed by atoms with van der Waals surface area (Å²) < 4.78 is 15.3. The van der Waals surface area contributed by atoms with Gasteiger partial charge in [-0.3, -0.25) is 4.57 Å². The fraction of sp³-hybridized carbons (Fsp3) is 0.0526. The lowest BCUT2D eigenvalue weighted by Crippen LogP contribution is -2.08. The molecule has 0 N–H and O–H groups in total. The van der Waals surface area contributed by atoms with Gasteiger partial charge in [-0.25, -0.2) is 14.4 Å². The topological polar surface area (TPSA) is 55.4 Å². The molecule has 5 nitrogen and oxygen atoms in total. The molecule has 5 rings (SSSR count). The van der Waals surface area contributed by atoms with Crippen molar-refractivity contribution in [3.63, 3.8) is 0 Å². The lowest BCUT2D eigenvalue weighted by atomic mass is 10.0. The molecule has 1 aliphatic heterocycles. The average Bonchev–Trinajstić information content (AvgIpc) is 3.26. The number of benzene rings is 1. The van der Waals surface area contributed by atoms with E-state index in [0.717, 1.165) is 39.5 Å². The molecule has 0 saturated heterocycles. The fourth-order valence-electron chi connectivity index (χ4n) is 3.10. The minimum Gasteiger partial charge on any atom is -0.277 e. The lowest BCUT2D eigenvalue weighted by molar-refractivity contribution is 0.628. The first-order valence-electron chi connectivity index (χ1n) is 7.91. The van der Waals surface area contributed by atoms with E-state index >= 15 is 0 Å². The highest BCUT2D eigenvalue weighted by Gasteiger charge is 2.20. The van der Waals surface area contributed by atoms with Crippen molar-refractivity contribution in [1.82, 2.24) is 14.5 Å². The molecule has 3 heterocycles. The zero-order chi connectivity index (χ0) is 16.8. The number of hydrogen-bond acceptors (Lipinski definition) is 4. The smallest absolute Gasteiger partial charge is 0.164 e. The van der Waals surface area contributed by atoms with Crippen molar-refractivity contribution in [2.45, 2.75) is 6.42 Å². The zero-order valence-corrected chi connectivity index (χ0v) is 13.1. The third-order valence-electron chi connectivity index (χ3n) is 4.29. The molecule has 0 radical (unpaired) electrons. The van der Waals surface area contributed by atoms with E-state index < -0.39 is 0 Å². The summed E-state index contributed by atoms with van der Waals surface area (Å²) in [5.74, 6) is 0.457. The number of imidazole rings is 1. The Balaban J connectivity index is 1.75. The SMILES string of the molecule is Fc1ccc(-c2nc3cccnc3n2C2=CCC3=NN=CC3=C2)cc1. The fourth-order valence-corrected chi connectivity index (χ4v) is 3.10. The van der Waals surface area contributed by atoms with Gasteiger partial charge in [0.15, 0.2) is 5.65 Å². The number of nitrogens with zero attached hydrogens (tertiary/aromatic N) is 5. The number of halogens is 1. The molecule has 0 atom stereocenters. The number of rotatable bonds is 2. The van der Waals surface area contributed by atoms with Crippen molar-refractivity contribution < 1.29 is 4.39 Å². The van der Waals surface area contributed by atoms with Crippen LogP contribution in [-0.2, 0) is 0 Å². The molecule has 2 aromatic heterocycles. The molecule has 1 aliphatic carbocycles. The Morgan fingerprint density at radius 2 is 1.96 bits per heavy atom. The van der Waals surface area contributed by atoms with Crippen molar-refractivity contribution in [1.29, 1.82) is 0 Å². The molecular weight excluding hydrogens is 317 g/mol. The monoisotopic (exact) mass is 329 g/mol. The van der Waals surface area contributed by atoms with Crippen molar-refractivity contribution in [2.24, 2.45) is 10.2 Å². The zero-order valence-electron chi connectivity index (χ0n) is 13.1. The van der Waals surface area contributed by atoms with Crippen LogP contribution in [0.15, 0.2) is 70.5 Å². The van der Waals surface area contributed by atoms with Crippen LogP contribution in [0.5, 0.6) is 0 Å². The van der Waals surface area contributed by atoms with Gasteiger partial charge in [0.1, 0.15) is 17.2 Å². The molecule has 25 heavy (non-hydrogen) atoms. The Labute approximate surface area is 142 Å². The second-order valence-corrected chi connectivity index (χ2v) is 5.85. The molecule has 120 valence electrons. The summed E-state index contributed by atoms with van der Waals surface area (Å²) in [4.78, 5) is 9.22. The third kappa shape index (κ3) is 2.22. The maximum absolute atomic E-state index is 13.3. The van der Waals surface area contributed by atoms with E-state index in [9.17, 15) is 4.39 Å². The molecule has 1 aromatic carbocycles. The van der Waals surface area contributed by atoms with E-state index in [1.54, 1.807) is 24.5 Å². The molecular formula is C19H12FN5. The predicted octanol–water partition coefficient (Wildman–Crippen LogP) is 3.85. The van der Waals surface area contributed by atoms with Crippen LogP contribution in [0, 0.1) is 5.82 Å². The summed E-state index contributed by atoms with van der Waals surface area (Å²) in [5, 5.41) is 8.09. The number of allylic oxidation sites excluding steroid dienone is 4. The van der Waals surface area contributed by atoms with Gasteiger partial charge in [-0.2, -0.15) is 10.2 Å². The first kappa shape index (κ1) is 14.0. The number of pyridine rings is 1. The van der Waals surface area contributed by atoms with E-state index in [4.69, 9.17) is 4.98 Å². The molecule has 6 heteroatoms. The Hall–Kier alpha value is -3.41. The van der Waals surface area contributed by atoms with Gasteiger partial charge in [0.05, 0.1) is 11.9 Å². The van der Waals surface area contributed by atoms with Crippen LogP contribution in [0.1, 0.15) is 6.42 Å². The largest absolute Gasteiger partial charge is 0.277 e. The summed E-state index contributed by atoms with van der Waals surface area (Å²) in [5.41, 5.74) is 5.31. The molecule has 0 amide bonds. The van der Waals surface area contributed by atoms with E-state index in [1.165, 1.54) is 12.1 Å².